The molecule has 5 nitrogen and oxygen atoms in total. The fourth-order valence-corrected chi connectivity index (χ4v) is 1.86. The van der Waals surface area contributed by atoms with Crippen LogP contribution in [0.15, 0.2) is 42.5 Å². The SMILES string of the molecule is COc1ccc(Cl)cc1NC(=O)Nc1ccc(C#N)cc1. The quantitative estimate of drug-likeness (QED) is 0.904. The van der Waals surface area contributed by atoms with E-state index in [1.807, 2.05) is 6.07 Å². The van der Waals surface area contributed by atoms with Gasteiger partial charge in [-0.2, -0.15) is 5.26 Å². The molecule has 0 aromatic heterocycles. The van der Waals surface area contributed by atoms with Gasteiger partial charge in [0.05, 0.1) is 24.4 Å². The van der Waals surface area contributed by atoms with Crippen molar-refractivity contribution in [2.45, 2.75) is 0 Å². The van der Waals surface area contributed by atoms with Crippen molar-refractivity contribution in [3.05, 3.63) is 53.1 Å². The zero-order chi connectivity index (χ0) is 15.2. The Morgan fingerprint density at radius 1 is 1.19 bits per heavy atom. The van der Waals surface area contributed by atoms with Gasteiger partial charge in [-0.3, -0.25) is 0 Å². The van der Waals surface area contributed by atoms with Crippen LogP contribution >= 0.6 is 11.6 Å². The van der Waals surface area contributed by atoms with Gasteiger partial charge >= 0.3 is 6.03 Å². The molecule has 6 heteroatoms. The molecule has 0 fully saturated rings. The van der Waals surface area contributed by atoms with Gasteiger partial charge in [-0.25, -0.2) is 4.79 Å². The van der Waals surface area contributed by atoms with Crippen LogP contribution in [0.3, 0.4) is 0 Å². The largest absolute Gasteiger partial charge is 0.495 e. The van der Waals surface area contributed by atoms with E-state index >= 15 is 0 Å². The molecule has 0 spiro atoms. The van der Waals surface area contributed by atoms with Crippen molar-refractivity contribution >= 4 is 29.0 Å². The zero-order valence-corrected chi connectivity index (χ0v) is 11.9. The maximum atomic E-state index is 11.9. The van der Waals surface area contributed by atoms with Gasteiger partial charge in [0.15, 0.2) is 0 Å². The van der Waals surface area contributed by atoms with E-state index in [2.05, 4.69) is 10.6 Å². The first-order valence-corrected chi connectivity index (χ1v) is 6.42. The second-order valence-corrected chi connectivity index (χ2v) is 4.55. The Bertz CT molecular complexity index is 693. The van der Waals surface area contributed by atoms with Crippen molar-refractivity contribution in [2.24, 2.45) is 0 Å². The van der Waals surface area contributed by atoms with Crippen LogP contribution in [0.2, 0.25) is 5.02 Å². The summed E-state index contributed by atoms with van der Waals surface area (Å²) in [6.45, 7) is 0. The van der Waals surface area contributed by atoms with Crippen LogP contribution in [0.5, 0.6) is 5.75 Å². The molecule has 0 aliphatic rings. The number of rotatable bonds is 3. The first kappa shape index (κ1) is 14.7. The third-order valence-electron chi connectivity index (χ3n) is 2.68. The molecular formula is C15H12ClN3O2. The second-order valence-electron chi connectivity index (χ2n) is 4.11. The zero-order valence-electron chi connectivity index (χ0n) is 11.2. The first-order chi connectivity index (χ1) is 10.1. The summed E-state index contributed by atoms with van der Waals surface area (Å²) in [6.07, 6.45) is 0. The van der Waals surface area contributed by atoms with Gasteiger partial charge in [0, 0.05) is 10.7 Å². The topological polar surface area (TPSA) is 74.2 Å². The van der Waals surface area contributed by atoms with E-state index in [9.17, 15) is 4.79 Å². The summed E-state index contributed by atoms with van der Waals surface area (Å²) in [5.74, 6) is 0.509. The van der Waals surface area contributed by atoms with Gasteiger partial charge in [0.2, 0.25) is 0 Å². The number of carbonyl (C=O) groups excluding carboxylic acids is 1. The lowest BCUT2D eigenvalue weighted by Crippen LogP contribution is -2.19. The number of hydrogen-bond donors (Lipinski definition) is 2. The molecule has 2 amide bonds. The Kier molecular flexibility index (Phi) is 4.64. The highest BCUT2D eigenvalue weighted by molar-refractivity contribution is 6.31. The number of anilines is 2. The lowest BCUT2D eigenvalue weighted by atomic mass is 10.2. The number of urea groups is 1. The van der Waals surface area contributed by atoms with Crippen molar-refractivity contribution in [1.29, 1.82) is 5.26 Å². The van der Waals surface area contributed by atoms with E-state index in [-0.39, 0.29) is 0 Å². The molecule has 2 aromatic rings. The van der Waals surface area contributed by atoms with Gasteiger partial charge in [-0.15, -0.1) is 0 Å². The van der Waals surface area contributed by atoms with Gasteiger partial charge in [0.25, 0.3) is 0 Å². The van der Waals surface area contributed by atoms with Crippen molar-refractivity contribution in [3.63, 3.8) is 0 Å². The highest BCUT2D eigenvalue weighted by atomic mass is 35.5. The molecule has 0 saturated heterocycles. The molecule has 2 N–H and O–H groups in total. The van der Waals surface area contributed by atoms with Gasteiger partial charge in [0.1, 0.15) is 5.75 Å². The molecule has 0 heterocycles. The number of carbonyl (C=O) groups is 1. The number of nitriles is 1. The molecule has 0 radical (unpaired) electrons. The Morgan fingerprint density at radius 3 is 2.52 bits per heavy atom. The fraction of sp³-hybridized carbons (Fsp3) is 0.0667. The molecule has 106 valence electrons. The number of halogens is 1. The molecule has 21 heavy (non-hydrogen) atoms. The third kappa shape index (κ3) is 3.88. The average Bonchev–Trinajstić information content (AvgIpc) is 2.48. The number of hydrogen-bond acceptors (Lipinski definition) is 3. The number of ether oxygens (including phenoxy) is 1. The van der Waals surface area contributed by atoms with Crippen LogP contribution in [-0.2, 0) is 0 Å². The van der Waals surface area contributed by atoms with Crippen LogP contribution in [0, 0.1) is 11.3 Å². The molecule has 2 rings (SSSR count). The minimum absolute atomic E-state index is 0.430. The van der Waals surface area contributed by atoms with Gasteiger partial charge < -0.3 is 15.4 Å². The number of amides is 2. The molecule has 2 aromatic carbocycles. The minimum atomic E-state index is -0.430. The summed E-state index contributed by atoms with van der Waals surface area (Å²) < 4.78 is 5.14. The molecular weight excluding hydrogens is 290 g/mol. The fourth-order valence-electron chi connectivity index (χ4n) is 1.69. The molecule has 0 saturated carbocycles. The highest BCUT2D eigenvalue weighted by Gasteiger charge is 2.08. The summed E-state index contributed by atoms with van der Waals surface area (Å²) >= 11 is 5.89. The molecule has 0 atom stereocenters. The Labute approximate surface area is 127 Å². The number of nitrogens with one attached hydrogen (secondary N) is 2. The van der Waals surface area contributed by atoms with E-state index in [4.69, 9.17) is 21.6 Å². The molecule has 0 aliphatic carbocycles. The van der Waals surface area contributed by atoms with Crippen LogP contribution < -0.4 is 15.4 Å². The Morgan fingerprint density at radius 2 is 1.90 bits per heavy atom. The van der Waals surface area contributed by atoms with Crippen molar-refractivity contribution in [1.82, 2.24) is 0 Å². The highest BCUT2D eigenvalue weighted by Crippen LogP contribution is 2.27. The van der Waals surface area contributed by atoms with Crippen molar-refractivity contribution in [2.75, 3.05) is 17.7 Å². The van der Waals surface area contributed by atoms with E-state index in [0.29, 0.717) is 27.7 Å². The predicted molar refractivity (Wildman–Crippen MR) is 81.8 cm³/mol. The maximum absolute atomic E-state index is 11.9. The first-order valence-electron chi connectivity index (χ1n) is 6.04. The Hall–Kier alpha value is -2.71. The molecule has 0 bridgehead atoms. The van der Waals surface area contributed by atoms with E-state index in [1.165, 1.54) is 7.11 Å². The lowest BCUT2D eigenvalue weighted by molar-refractivity contribution is 0.262. The van der Waals surface area contributed by atoms with Crippen molar-refractivity contribution < 1.29 is 9.53 Å². The monoisotopic (exact) mass is 301 g/mol. The second kappa shape index (κ2) is 6.64. The molecule has 0 unspecified atom stereocenters. The van der Waals surface area contributed by atoms with E-state index < -0.39 is 6.03 Å². The summed E-state index contributed by atoms with van der Waals surface area (Å²) in [7, 11) is 1.51. The normalized spacial score (nSPS) is 9.57. The van der Waals surface area contributed by atoms with E-state index in [1.54, 1.807) is 42.5 Å². The summed E-state index contributed by atoms with van der Waals surface area (Å²) in [4.78, 5) is 11.9. The molecule has 0 aliphatic heterocycles. The number of methoxy groups -OCH3 is 1. The smallest absolute Gasteiger partial charge is 0.323 e. The van der Waals surface area contributed by atoms with Crippen LogP contribution in [-0.4, -0.2) is 13.1 Å². The standard InChI is InChI=1S/C15H12ClN3O2/c1-21-14-7-4-11(16)8-13(14)19-15(20)18-12-5-2-10(9-17)3-6-12/h2-8H,1H3,(H2,18,19,20). The predicted octanol–water partition coefficient (Wildman–Crippen LogP) is 3.86. The Balaban J connectivity index is 2.07. The van der Waals surface area contributed by atoms with Crippen LogP contribution in [0.25, 0.3) is 0 Å². The van der Waals surface area contributed by atoms with Gasteiger partial charge in [-0.05, 0) is 42.5 Å². The maximum Gasteiger partial charge on any atom is 0.323 e. The van der Waals surface area contributed by atoms with Crippen LogP contribution in [0.4, 0.5) is 16.2 Å². The van der Waals surface area contributed by atoms with Gasteiger partial charge in [-0.1, -0.05) is 11.6 Å². The third-order valence-corrected chi connectivity index (χ3v) is 2.92. The van der Waals surface area contributed by atoms with E-state index in [0.717, 1.165) is 0 Å². The van der Waals surface area contributed by atoms with Crippen molar-refractivity contribution in [3.8, 4) is 11.8 Å². The number of benzene rings is 2. The van der Waals surface area contributed by atoms with Crippen LogP contribution in [0.1, 0.15) is 5.56 Å². The lowest BCUT2D eigenvalue weighted by Gasteiger charge is -2.11. The summed E-state index contributed by atoms with van der Waals surface area (Å²) in [6, 6.07) is 13.0. The minimum Gasteiger partial charge on any atom is -0.495 e. The summed E-state index contributed by atoms with van der Waals surface area (Å²) in [5.41, 5.74) is 1.57. The number of nitrogens with zero attached hydrogens (tertiary/aromatic N) is 1. The average molecular weight is 302 g/mol. The summed E-state index contributed by atoms with van der Waals surface area (Å²) in [5, 5.41) is 14.5.